The fraction of sp³-hybridized carbons (Fsp3) is 0.350. The van der Waals surface area contributed by atoms with Crippen molar-refractivity contribution in [2.75, 3.05) is 38.2 Å². The molecule has 0 aliphatic carbocycles. The molecule has 3 aliphatic rings. The first-order chi connectivity index (χ1) is 26.3. The second kappa shape index (κ2) is 14.8. The van der Waals surface area contributed by atoms with E-state index in [2.05, 4.69) is 31.9 Å². The number of anilines is 1. The number of piperidine rings is 2. The third kappa shape index (κ3) is 6.83. The molecule has 5 aromatic rings. The van der Waals surface area contributed by atoms with Crippen molar-refractivity contribution in [3.63, 3.8) is 0 Å². The van der Waals surface area contributed by atoms with Crippen LogP contribution in [-0.4, -0.2) is 81.1 Å². The van der Waals surface area contributed by atoms with Crippen molar-refractivity contribution < 1.29 is 27.9 Å². The summed E-state index contributed by atoms with van der Waals surface area (Å²) in [5.41, 5.74) is 5.16. The van der Waals surface area contributed by atoms with Gasteiger partial charge in [-0.2, -0.15) is 5.10 Å². The molecule has 12 nitrogen and oxygen atoms in total. The zero-order valence-electron chi connectivity index (χ0n) is 29.9. The predicted octanol–water partition coefficient (Wildman–Crippen LogP) is 5.72. The minimum absolute atomic E-state index is 0.0322. The Bertz CT molecular complexity index is 2260. The summed E-state index contributed by atoms with van der Waals surface area (Å²) in [5, 5.41) is 17.7. The van der Waals surface area contributed by atoms with Crippen LogP contribution in [0.15, 0.2) is 67.1 Å². The van der Waals surface area contributed by atoms with Crippen LogP contribution >= 0.6 is 0 Å². The normalized spacial score (nSPS) is 18.2. The lowest BCUT2D eigenvalue weighted by atomic mass is 9.86. The van der Waals surface area contributed by atoms with Gasteiger partial charge in [0.15, 0.2) is 5.82 Å². The lowest BCUT2D eigenvalue weighted by molar-refractivity contribution is -0.134. The molecule has 2 fully saturated rings. The summed E-state index contributed by atoms with van der Waals surface area (Å²) in [6.45, 7) is 2.56. The van der Waals surface area contributed by atoms with Gasteiger partial charge in [0.1, 0.15) is 17.1 Å². The van der Waals surface area contributed by atoms with Gasteiger partial charge in [-0.15, -0.1) is 5.10 Å². The average Bonchev–Trinajstić information content (AvgIpc) is 3.91. The molecule has 3 aromatic carbocycles. The highest BCUT2D eigenvalue weighted by atomic mass is 19.1. The van der Waals surface area contributed by atoms with Gasteiger partial charge in [-0.1, -0.05) is 29.5 Å². The number of nitrogens with zero attached hydrogens (tertiary/aromatic N) is 6. The van der Waals surface area contributed by atoms with Crippen molar-refractivity contribution in [3.8, 4) is 16.9 Å². The van der Waals surface area contributed by atoms with E-state index in [1.54, 1.807) is 47.4 Å². The van der Waals surface area contributed by atoms with Crippen LogP contribution < -0.4 is 15.0 Å². The van der Waals surface area contributed by atoms with E-state index >= 15 is 8.78 Å². The number of methoxy groups -OCH3 is 1. The van der Waals surface area contributed by atoms with Gasteiger partial charge in [0, 0.05) is 61.7 Å². The Morgan fingerprint density at radius 2 is 1.81 bits per heavy atom. The fourth-order valence-electron chi connectivity index (χ4n) is 8.05. The lowest BCUT2D eigenvalue weighted by Gasteiger charge is -2.34. The summed E-state index contributed by atoms with van der Waals surface area (Å²) in [4.78, 5) is 40.8. The summed E-state index contributed by atoms with van der Waals surface area (Å²) in [5.74, 6) is -1.18. The highest BCUT2D eigenvalue weighted by Gasteiger charge is 2.30. The molecule has 278 valence electrons. The van der Waals surface area contributed by atoms with Gasteiger partial charge in [-0.3, -0.25) is 29.5 Å². The number of carbonyl (C=O) groups is 3. The number of aromatic nitrogens is 5. The number of carbonyl (C=O) groups excluding carboxylic acids is 3. The second-order valence-corrected chi connectivity index (χ2v) is 14.1. The van der Waals surface area contributed by atoms with Crippen LogP contribution in [0.5, 0.6) is 5.75 Å². The van der Waals surface area contributed by atoms with Gasteiger partial charge in [-0.05, 0) is 78.1 Å². The molecule has 0 spiro atoms. The first-order valence-electron chi connectivity index (χ1n) is 18.3. The van der Waals surface area contributed by atoms with Crippen molar-refractivity contribution in [1.82, 2.24) is 35.4 Å². The predicted molar refractivity (Wildman–Crippen MR) is 198 cm³/mol. The minimum Gasteiger partial charge on any atom is -0.496 e. The Balaban J connectivity index is 0.988. The number of ether oxygens (including phenoxy) is 1. The number of benzene rings is 3. The summed E-state index contributed by atoms with van der Waals surface area (Å²) in [6.07, 6.45) is 9.99. The van der Waals surface area contributed by atoms with Gasteiger partial charge in [0.25, 0.3) is 0 Å². The Kier molecular flexibility index (Phi) is 9.65. The molecule has 0 radical (unpaired) electrons. The Hall–Kier alpha value is -5.92. The largest absolute Gasteiger partial charge is 0.496 e. The number of hydrogen-bond donors (Lipinski definition) is 2. The van der Waals surface area contributed by atoms with Crippen LogP contribution in [0.1, 0.15) is 67.1 Å². The number of halogens is 2. The van der Waals surface area contributed by atoms with E-state index in [1.807, 2.05) is 29.2 Å². The Morgan fingerprint density at radius 1 is 0.981 bits per heavy atom. The highest BCUT2D eigenvalue weighted by molar-refractivity contribution is 6.01. The number of imide groups is 1. The maximum Gasteiger partial charge on any atom is 0.234 e. The Morgan fingerprint density at radius 3 is 2.57 bits per heavy atom. The maximum absolute atomic E-state index is 16.1. The smallest absolute Gasteiger partial charge is 0.234 e. The van der Waals surface area contributed by atoms with E-state index in [0.717, 1.165) is 35.1 Å². The van der Waals surface area contributed by atoms with Crippen LogP contribution in [0.4, 0.5) is 14.5 Å². The molecule has 0 bridgehead atoms. The van der Waals surface area contributed by atoms with Gasteiger partial charge in [-0.25, -0.2) is 8.78 Å². The molecule has 5 heterocycles. The zero-order valence-corrected chi connectivity index (χ0v) is 29.9. The summed E-state index contributed by atoms with van der Waals surface area (Å²) < 4.78 is 39.1. The lowest BCUT2D eigenvalue weighted by Crippen LogP contribution is -2.39. The van der Waals surface area contributed by atoms with Gasteiger partial charge in [0.2, 0.25) is 17.7 Å². The molecule has 3 aliphatic heterocycles. The number of rotatable bonds is 9. The van der Waals surface area contributed by atoms with Crippen molar-refractivity contribution in [2.45, 2.75) is 56.9 Å². The van der Waals surface area contributed by atoms with E-state index in [0.29, 0.717) is 67.0 Å². The van der Waals surface area contributed by atoms with Crippen LogP contribution in [-0.2, 0) is 20.9 Å². The van der Waals surface area contributed by atoms with Crippen LogP contribution in [0.3, 0.4) is 0 Å². The molecule has 2 aromatic heterocycles. The van der Waals surface area contributed by atoms with Crippen LogP contribution in [0.2, 0.25) is 0 Å². The molecule has 54 heavy (non-hydrogen) atoms. The van der Waals surface area contributed by atoms with Gasteiger partial charge < -0.3 is 14.5 Å². The topological polar surface area (TPSA) is 138 Å². The van der Waals surface area contributed by atoms with E-state index in [-0.39, 0.29) is 54.4 Å². The molecule has 1 atom stereocenters. The molecule has 3 amide bonds. The van der Waals surface area contributed by atoms with Crippen molar-refractivity contribution >= 4 is 39.9 Å². The monoisotopic (exact) mass is 734 g/mol. The zero-order chi connectivity index (χ0) is 37.3. The first-order valence-corrected chi connectivity index (χ1v) is 18.3. The number of aromatic amines is 1. The van der Waals surface area contributed by atoms with Crippen LogP contribution in [0.25, 0.3) is 27.6 Å². The highest BCUT2D eigenvalue weighted by Crippen LogP contribution is 2.42. The second-order valence-electron chi connectivity index (χ2n) is 14.1. The number of nitrogens with one attached hydrogen (secondary N) is 2. The summed E-state index contributed by atoms with van der Waals surface area (Å²) >= 11 is 0. The molecule has 0 saturated carbocycles. The summed E-state index contributed by atoms with van der Waals surface area (Å²) in [6, 6.07) is 12.9. The van der Waals surface area contributed by atoms with E-state index in [4.69, 9.17) is 4.74 Å². The molecule has 2 N–H and O–H groups in total. The standard InChI is InChI=1S/C40H40F2N8O4/c1-54-35-20-25(24-10-15-48(16-11-24)34-8-5-26(19-33(34)41)28-7-9-36(51)45-40(28)53)4-6-29(35)31-21-30(38(42)39-32(31)22-44-46-39)27-3-2-14-49(23-27)37(52)12-17-50-18-13-43-47-50/h3-6,8,13,18-22,24,28H,2,7,9-12,14-17,23H2,1H3,(H,44,46)(H,45,51,53). The average molecular weight is 735 g/mol. The van der Waals surface area contributed by atoms with Crippen LogP contribution in [0, 0.1) is 11.6 Å². The molecule has 2 saturated heterocycles. The van der Waals surface area contributed by atoms with Crippen molar-refractivity contribution in [2.24, 2.45) is 0 Å². The third-order valence-electron chi connectivity index (χ3n) is 11.0. The third-order valence-corrected chi connectivity index (χ3v) is 11.0. The molecule has 8 rings (SSSR count). The molecular formula is C40H40F2N8O4. The Labute approximate surface area is 310 Å². The van der Waals surface area contributed by atoms with Crippen molar-refractivity contribution in [3.05, 3.63) is 95.5 Å². The van der Waals surface area contributed by atoms with Gasteiger partial charge in [0.05, 0.1) is 37.7 Å². The number of hydrogen-bond acceptors (Lipinski definition) is 8. The summed E-state index contributed by atoms with van der Waals surface area (Å²) in [7, 11) is 1.62. The molecule has 14 heteroatoms. The van der Waals surface area contributed by atoms with E-state index < -0.39 is 11.7 Å². The number of fused-ring (bicyclic) bond motifs is 1. The number of aryl methyl sites for hydroxylation is 1. The maximum atomic E-state index is 16.1. The van der Waals surface area contributed by atoms with Crippen molar-refractivity contribution in [1.29, 1.82) is 0 Å². The number of amides is 3. The molecule has 1 unspecified atom stereocenters. The van der Waals surface area contributed by atoms with E-state index in [1.165, 1.54) is 6.07 Å². The molecular weight excluding hydrogens is 694 g/mol. The fourth-order valence-corrected chi connectivity index (χ4v) is 8.05. The first kappa shape index (κ1) is 35.1. The minimum atomic E-state index is -0.534. The number of H-pyrrole nitrogens is 1. The van der Waals surface area contributed by atoms with E-state index in [9.17, 15) is 14.4 Å². The SMILES string of the molecule is COc1cc(C2CCN(c3ccc(C4CCC(=O)NC4=O)cc3F)CC2)ccc1-c1cc(C2=CCCN(C(=O)CCn3ccnn3)C2)c(F)c2[nH]ncc12. The quantitative estimate of drug-likeness (QED) is 0.184. The van der Waals surface area contributed by atoms with Gasteiger partial charge >= 0.3 is 0 Å².